The average molecular weight is 297 g/mol. The number of rotatable bonds is 2. The van der Waals surface area contributed by atoms with E-state index in [0.29, 0.717) is 0 Å². The number of halogens is 1. The highest BCUT2D eigenvalue weighted by atomic mass is 79.9. The number of nitrogens with zero attached hydrogens (tertiary/aromatic N) is 2. The first-order valence-electron chi connectivity index (χ1n) is 6.58. The third kappa shape index (κ3) is 3.21. The van der Waals surface area contributed by atoms with Gasteiger partial charge in [0.2, 0.25) is 0 Å². The minimum absolute atomic E-state index is 0.913. The molecule has 1 unspecified atom stereocenters. The zero-order chi connectivity index (χ0) is 12.3. The van der Waals surface area contributed by atoms with Crippen LogP contribution in [0, 0.1) is 12.8 Å². The largest absolute Gasteiger partial charge is 0.357 e. The molecule has 1 aliphatic rings. The molecule has 0 amide bonds. The molecule has 0 bridgehead atoms. The molecule has 1 aliphatic heterocycles. The standard InChI is InChI=1S/C14H21BrN2/c1-3-12-5-4-9-17(10-8-12)14-7-6-13(15)11(2)16-14/h6-7,12H,3-5,8-10H2,1-2H3. The Kier molecular flexibility index (Phi) is 4.43. The molecule has 0 N–H and O–H groups in total. The molecular formula is C14H21BrN2. The maximum atomic E-state index is 4.67. The van der Waals surface area contributed by atoms with Crippen molar-refractivity contribution in [3.8, 4) is 0 Å². The molecule has 2 heterocycles. The van der Waals surface area contributed by atoms with E-state index in [0.717, 1.165) is 35.0 Å². The lowest BCUT2D eigenvalue weighted by molar-refractivity contribution is 0.459. The fourth-order valence-corrected chi connectivity index (χ4v) is 2.73. The first-order valence-corrected chi connectivity index (χ1v) is 7.38. The highest BCUT2D eigenvalue weighted by Crippen LogP contribution is 2.25. The van der Waals surface area contributed by atoms with E-state index < -0.39 is 0 Å². The van der Waals surface area contributed by atoms with Crippen LogP contribution in [0.4, 0.5) is 5.82 Å². The van der Waals surface area contributed by atoms with Gasteiger partial charge in [0.15, 0.2) is 0 Å². The predicted octanol–water partition coefficient (Wildman–Crippen LogP) is 4.17. The van der Waals surface area contributed by atoms with Gasteiger partial charge in [0.1, 0.15) is 5.82 Å². The van der Waals surface area contributed by atoms with E-state index in [1.54, 1.807) is 0 Å². The van der Waals surface area contributed by atoms with Crippen molar-refractivity contribution in [2.75, 3.05) is 18.0 Å². The van der Waals surface area contributed by atoms with Crippen LogP contribution in [-0.2, 0) is 0 Å². The fraction of sp³-hybridized carbons (Fsp3) is 0.643. The van der Waals surface area contributed by atoms with Crippen molar-refractivity contribution >= 4 is 21.7 Å². The third-order valence-corrected chi connectivity index (χ3v) is 4.59. The van der Waals surface area contributed by atoms with E-state index in [1.807, 2.05) is 0 Å². The van der Waals surface area contributed by atoms with Gasteiger partial charge in [-0.15, -0.1) is 0 Å². The molecule has 0 aliphatic carbocycles. The summed E-state index contributed by atoms with van der Waals surface area (Å²) >= 11 is 3.51. The number of pyridine rings is 1. The first kappa shape index (κ1) is 12.9. The van der Waals surface area contributed by atoms with Crippen LogP contribution in [0.1, 0.15) is 38.3 Å². The SMILES string of the molecule is CCC1CCCN(c2ccc(Br)c(C)n2)CC1. The first-order chi connectivity index (χ1) is 8.20. The minimum atomic E-state index is 0.913. The van der Waals surface area contributed by atoms with Crippen LogP contribution < -0.4 is 4.90 Å². The molecule has 17 heavy (non-hydrogen) atoms. The molecule has 1 atom stereocenters. The lowest BCUT2D eigenvalue weighted by atomic mass is 9.98. The molecule has 0 saturated carbocycles. The van der Waals surface area contributed by atoms with Crippen LogP contribution in [0.2, 0.25) is 0 Å². The monoisotopic (exact) mass is 296 g/mol. The van der Waals surface area contributed by atoms with Gasteiger partial charge in [0, 0.05) is 17.6 Å². The number of hydrogen-bond acceptors (Lipinski definition) is 2. The second-order valence-corrected chi connectivity index (χ2v) is 5.78. The van der Waals surface area contributed by atoms with Gasteiger partial charge in [0.25, 0.3) is 0 Å². The van der Waals surface area contributed by atoms with Gasteiger partial charge < -0.3 is 4.90 Å². The second-order valence-electron chi connectivity index (χ2n) is 4.93. The van der Waals surface area contributed by atoms with Gasteiger partial charge in [-0.25, -0.2) is 4.98 Å². The Labute approximate surface area is 113 Å². The Morgan fingerprint density at radius 1 is 1.35 bits per heavy atom. The molecule has 2 nitrogen and oxygen atoms in total. The van der Waals surface area contributed by atoms with Gasteiger partial charge in [0.05, 0.1) is 5.69 Å². The quantitative estimate of drug-likeness (QED) is 0.814. The summed E-state index contributed by atoms with van der Waals surface area (Å²) in [6.45, 7) is 6.68. The van der Waals surface area contributed by atoms with Crippen molar-refractivity contribution < 1.29 is 0 Å². The van der Waals surface area contributed by atoms with Crippen LogP contribution in [-0.4, -0.2) is 18.1 Å². The minimum Gasteiger partial charge on any atom is -0.357 e. The van der Waals surface area contributed by atoms with Crippen LogP contribution in [0.25, 0.3) is 0 Å². The molecule has 1 aromatic rings. The molecule has 94 valence electrons. The predicted molar refractivity (Wildman–Crippen MR) is 76.5 cm³/mol. The van der Waals surface area contributed by atoms with E-state index in [1.165, 1.54) is 25.7 Å². The summed E-state index contributed by atoms with van der Waals surface area (Å²) in [5.74, 6) is 2.05. The maximum Gasteiger partial charge on any atom is 0.128 e. The Morgan fingerprint density at radius 2 is 2.18 bits per heavy atom. The van der Waals surface area contributed by atoms with E-state index in [2.05, 4.69) is 51.8 Å². The number of hydrogen-bond donors (Lipinski definition) is 0. The normalized spacial score (nSPS) is 21.4. The lowest BCUT2D eigenvalue weighted by Crippen LogP contribution is -2.25. The number of anilines is 1. The molecule has 0 radical (unpaired) electrons. The van der Waals surface area contributed by atoms with Crippen molar-refractivity contribution in [1.29, 1.82) is 0 Å². The van der Waals surface area contributed by atoms with E-state index in [-0.39, 0.29) is 0 Å². The highest BCUT2D eigenvalue weighted by molar-refractivity contribution is 9.10. The summed E-state index contributed by atoms with van der Waals surface area (Å²) in [4.78, 5) is 7.11. The fourth-order valence-electron chi connectivity index (χ4n) is 2.51. The molecule has 1 saturated heterocycles. The van der Waals surface area contributed by atoms with Crippen molar-refractivity contribution in [2.45, 2.75) is 39.5 Å². The summed E-state index contributed by atoms with van der Waals surface area (Å²) in [6, 6.07) is 4.24. The number of aromatic nitrogens is 1. The van der Waals surface area contributed by atoms with E-state index in [9.17, 15) is 0 Å². The molecule has 1 fully saturated rings. The van der Waals surface area contributed by atoms with Crippen molar-refractivity contribution in [2.24, 2.45) is 5.92 Å². The summed E-state index contributed by atoms with van der Waals surface area (Å²) in [6.07, 6.45) is 5.31. The summed E-state index contributed by atoms with van der Waals surface area (Å²) < 4.78 is 1.10. The zero-order valence-electron chi connectivity index (χ0n) is 10.7. The molecule has 0 spiro atoms. The molecule has 3 heteroatoms. The third-order valence-electron chi connectivity index (χ3n) is 3.76. The topological polar surface area (TPSA) is 16.1 Å². The highest BCUT2D eigenvalue weighted by Gasteiger charge is 2.16. The number of aryl methyl sites for hydroxylation is 1. The summed E-state index contributed by atoms with van der Waals surface area (Å²) in [5, 5.41) is 0. The van der Waals surface area contributed by atoms with Gasteiger partial charge >= 0.3 is 0 Å². The van der Waals surface area contributed by atoms with E-state index >= 15 is 0 Å². The Bertz CT molecular complexity index is 378. The van der Waals surface area contributed by atoms with Gasteiger partial charge in [-0.1, -0.05) is 13.3 Å². The lowest BCUT2D eigenvalue weighted by Gasteiger charge is -2.22. The van der Waals surface area contributed by atoms with Gasteiger partial charge in [-0.05, 0) is 60.2 Å². The van der Waals surface area contributed by atoms with E-state index in [4.69, 9.17) is 0 Å². The molecule has 2 rings (SSSR count). The zero-order valence-corrected chi connectivity index (χ0v) is 12.3. The van der Waals surface area contributed by atoms with Crippen molar-refractivity contribution in [3.05, 3.63) is 22.3 Å². The second kappa shape index (κ2) is 5.85. The summed E-state index contributed by atoms with van der Waals surface area (Å²) in [7, 11) is 0. The van der Waals surface area contributed by atoms with Crippen LogP contribution in [0.3, 0.4) is 0 Å². The molecular weight excluding hydrogens is 276 g/mol. The molecule has 0 aromatic carbocycles. The smallest absolute Gasteiger partial charge is 0.128 e. The van der Waals surface area contributed by atoms with Crippen LogP contribution in [0.15, 0.2) is 16.6 Å². The van der Waals surface area contributed by atoms with Crippen molar-refractivity contribution in [3.63, 3.8) is 0 Å². The Balaban J connectivity index is 2.08. The van der Waals surface area contributed by atoms with Gasteiger partial charge in [-0.3, -0.25) is 0 Å². The van der Waals surface area contributed by atoms with Gasteiger partial charge in [-0.2, -0.15) is 0 Å². The van der Waals surface area contributed by atoms with Crippen LogP contribution in [0.5, 0.6) is 0 Å². The Morgan fingerprint density at radius 3 is 2.88 bits per heavy atom. The van der Waals surface area contributed by atoms with Crippen molar-refractivity contribution in [1.82, 2.24) is 4.98 Å². The maximum absolute atomic E-state index is 4.67. The molecule has 1 aromatic heterocycles. The average Bonchev–Trinajstić information content (AvgIpc) is 2.58. The van der Waals surface area contributed by atoms with Crippen LogP contribution >= 0.6 is 15.9 Å². The summed E-state index contributed by atoms with van der Waals surface area (Å²) in [5.41, 5.74) is 1.08. The Hall–Kier alpha value is -0.570.